The Labute approximate surface area is 143 Å². The van der Waals surface area contributed by atoms with Crippen molar-refractivity contribution in [1.29, 1.82) is 0 Å². The van der Waals surface area contributed by atoms with E-state index in [1.54, 1.807) is 18.2 Å². The van der Waals surface area contributed by atoms with Crippen LogP contribution >= 0.6 is 0 Å². The van der Waals surface area contributed by atoms with E-state index in [2.05, 4.69) is 4.98 Å². The third kappa shape index (κ3) is 3.58. The molecule has 1 aliphatic heterocycles. The lowest BCUT2D eigenvalue weighted by atomic mass is 10.2. The summed E-state index contributed by atoms with van der Waals surface area (Å²) in [6.45, 7) is 1.52. The van der Waals surface area contributed by atoms with Crippen molar-refractivity contribution < 1.29 is 18.3 Å². The summed E-state index contributed by atoms with van der Waals surface area (Å²) < 4.78 is 31.5. The number of nitrogens with zero attached hydrogens (tertiary/aromatic N) is 1. The zero-order chi connectivity index (χ0) is 18.2. The summed E-state index contributed by atoms with van der Waals surface area (Å²) in [5.41, 5.74) is -0.945. The van der Waals surface area contributed by atoms with Crippen LogP contribution in [0.1, 0.15) is 18.2 Å². The highest BCUT2D eigenvalue weighted by atomic mass is 32.2. The third-order valence-corrected chi connectivity index (χ3v) is 5.89. The van der Waals surface area contributed by atoms with Crippen molar-refractivity contribution in [2.75, 3.05) is 5.75 Å². The summed E-state index contributed by atoms with van der Waals surface area (Å²) in [6, 6.07) is 7.96. The molecule has 8 nitrogen and oxygen atoms in total. The van der Waals surface area contributed by atoms with E-state index in [1.807, 2.05) is 0 Å². The van der Waals surface area contributed by atoms with Crippen molar-refractivity contribution >= 4 is 9.84 Å². The summed E-state index contributed by atoms with van der Waals surface area (Å²) >= 11 is 0. The molecule has 2 heterocycles. The van der Waals surface area contributed by atoms with Gasteiger partial charge in [0.25, 0.3) is 5.56 Å². The molecule has 1 aliphatic rings. The van der Waals surface area contributed by atoms with Crippen molar-refractivity contribution in [1.82, 2.24) is 9.55 Å². The van der Waals surface area contributed by atoms with Crippen LogP contribution in [0, 0.1) is 6.92 Å². The van der Waals surface area contributed by atoms with Crippen LogP contribution in [0.15, 0.2) is 51.0 Å². The number of aryl methyl sites for hydroxylation is 1. The van der Waals surface area contributed by atoms with Gasteiger partial charge in [-0.1, -0.05) is 18.2 Å². The van der Waals surface area contributed by atoms with Crippen molar-refractivity contribution in [3.8, 4) is 0 Å². The third-order valence-electron chi connectivity index (χ3n) is 4.09. The maximum absolute atomic E-state index is 12.4. The van der Waals surface area contributed by atoms with Crippen molar-refractivity contribution in [3.63, 3.8) is 0 Å². The maximum atomic E-state index is 12.4. The molecule has 0 amide bonds. The van der Waals surface area contributed by atoms with Gasteiger partial charge in [-0.05, 0) is 19.1 Å². The number of hydrogen-bond donors (Lipinski definition) is 2. The molecular weight excluding hydrogens is 348 g/mol. The summed E-state index contributed by atoms with van der Waals surface area (Å²) in [5, 5.41) is 10.2. The quantitative estimate of drug-likeness (QED) is 0.784. The normalized spacial score (nSPS) is 23.7. The molecule has 134 valence electrons. The summed E-state index contributed by atoms with van der Waals surface area (Å²) in [4.78, 5) is 25.7. The first-order chi connectivity index (χ1) is 11.8. The van der Waals surface area contributed by atoms with Gasteiger partial charge < -0.3 is 9.84 Å². The zero-order valence-electron chi connectivity index (χ0n) is 13.5. The largest absolute Gasteiger partial charge is 0.388 e. The Bertz CT molecular complexity index is 980. The van der Waals surface area contributed by atoms with Crippen molar-refractivity contribution in [2.24, 2.45) is 0 Å². The Kier molecular flexibility index (Phi) is 4.63. The van der Waals surface area contributed by atoms with Crippen molar-refractivity contribution in [2.45, 2.75) is 36.7 Å². The van der Waals surface area contributed by atoms with E-state index in [0.717, 1.165) is 4.57 Å². The lowest BCUT2D eigenvalue weighted by Gasteiger charge is -2.17. The molecule has 0 aliphatic carbocycles. The highest BCUT2D eigenvalue weighted by Crippen LogP contribution is 2.29. The monoisotopic (exact) mass is 366 g/mol. The Morgan fingerprint density at radius 3 is 2.64 bits per heavy atom. The van der Waals surface area contributed by atoms with Gasteiger partial charge in [0, 0.05) is 18.2 Å². The minimum absolute atomic E-state index is 0.0708. The topological polar surface area (TPSA) is 118 Å². The molecular formula is C16H18N2O6S. The van der Waals surface area contributed by atoms with Gasteiger partial charge in [0.1, 0.15) is 6.10 Å². The van der Waals surface area contributed by atoms with E-state index in [4.69, 9.17) is 4.74 Å². The van der Waals surface area contributed by atoms with Gasteiger partial charge >= 0.3 is 5.69 Å². The molecule has 25 heavy (non-hydrogen) atoms. The highest BCUT2D eigenvalue weighted by Gasteiger charge is 2.38. The Balaban J connectivity index is 1.82. The number of aromatic nitrogens is 2. The molecule has 1 aromatic heterocycles. The van der Waals surface area contributed by atoms with E-state index >= 15 is 0 Å². The minimum Gasteiger partial charge on any atom is -0.388 e. The number of rotatable bonds is 4. The second-order valence-corrected chi connectivity index (χ2v) is 8.06. The predicted octanol–water partition coefficient (Wildman–Crippen LogP) is -0.0327. The summed E-state index contributed by atoms with van der Waals surface area (Å²) in [7, 11) is -3.58. The van der Waals surface area contributed by atoms with Gasteiger partial charge in [-0.15, -0.1) is 0 Å². The molecule has 3 atom stereocenters. The molecule has 0 spiro atoms. The van der Waals surface area contributed by atoms with Gasteiger partial charge in [-0.3, -0.25) is 14.3 Å². The van der Waals surface area contributed by atoms with E-state index in [9.17, 15) is 23.1 Å². The Hall–Kier alpha value is -2.23. The van der Waals surface area contributed by atoms with Crippen LogP contribution in [-0.4, -0.2) is 41.0 Å². The van der Waals surface area contributed by atoms with Crippen LogP contribution in [-0.2, 0) is 14.6 Å². The van der Waals surface area contributed by atoms with Gasteiger partial charge in [-0.2, -0.15) is 0 Å². The van der Waals surface area contributed by atoms with Gasteiger partial charge in [0.05, 0.1) is 16.8 Å². The number of nitrogens with one attached hydrogen (secondary N) is 1. The fourth-order valence-electron chi connectivity index (χ4n) is 2.83. The number of sulfone groups is 1. The molecule has 1 fully saturated rings. The van der Waals surface area contributed by atoms with Crippen LogP contribution in [0.4, 0.5) is 0 Å². The lowest BCUT2D eigenvalue weighted by molar-refractivity contribution is -0.0341. The maximum Gasteiger partial charge on any atom is 0.330 e. The van der Waals surface area contributed by atoms with Gasteiger partial charge in [0.15, 0.2) is 16.1 Å². The van der Waals surface area contributed by atoms with Crippen LogP contribution in [0.2, 0.25) is 0 Å². The average Bonchev–Trinajstić information content (AvgIpc) is 2.91. The van der Waals surface area contributed by atoms with E-state index in [0.29, 0.717) is 0 Å². The highest BCUT2D eigenvalue weighted by molar-refractivity contribution is 7.91. The van der Waals surface area contributed by atoms with Crippen LogP contribution in [0.25, 0.3) is 0 Å². The number of hydrogen-bond acceptors (Lipinski definition) is 6. The molecule has 1 saturated heterocycles. The SMILES string of the molecule is Cc1cn([C@@H]2O[C@H](CS(=O)(=O)c3ccccc3)C[C@H]2O)c(=O)[nH]c1=O. The second kappa shape index (κ2) is 6.58. The standard InChI is InChI=1S/C16H18N2O6S/c1-10-8-18(16(21)17-14(10)20)15-13(19)7-11(24-15)9-25(22,23)12-5-3-2-4-6-12/h2-6,8,11,13,15,19H,7,9H2,1H3,(H,17,20,21)/t11-,13+,15+/m0/s1. The molecule has 1 aromatic carbocycles. The molecule has 0 bridgehead atoms. The van der Waals surface area contributed by atoms with E-state index in [1.165, 1.54) is 25.3 Å². The Morgan fingerprint density at radius 1 is 1.28 bits per heavy atom. The van der Waals surface area contributed by atoms with Gasteiger partial charge in [0.2, 0.25) is 0 Å². The lowest BCUT2D eigenvalue weighted by Crippen LogP contribution is -2.36. The van der Waals surface area contributed by atoms with Crippen LogP contribution < -0.4 is 11.2 Å². The van der Waals surface area contributed by atoms with Gasteiger partial charge in [-0.25, -0.2) is 13.2 Å². The van der Waals surface area contributed by atoms with Crippen LogP contribution in [0.3, 0.4) is 0 Å². The van der Waals surface area contributed by atoms with Crippen LogP contribution in [0.5, 0.6) is 0 Å². The smallest absolute Gasteiger partial charge is 0.330 e. The summed E-state index contributed by atoms with van der Waals surface area (Å²) in [5.74, 6) is -0.304. The number of aliphatic hydroxyl groups is 1. The van der Waals surface area contributed by atoms with Crippen molar-refractivity contribution in [3.05, 3.63) is 62.9 Å². The molecule has 2 N–H and O–H groups in total. The number of ether oxygens (including phenoxy) is 1. The average molecular weight is 366 g/mol. The molecule has 9 heteroatoms. The Morgan fingerprint density at radius 2 is 1.96 bits per heavy atom. The van der Waals surface area contributed by atoms with E-state index in [-0.39, 0.29) is 22.6 Å². The molecule has 0 unspecified atom stereocenters. The molecule has 3 rings (SSSR count). The molecule has 2 aromatic rings. The molecule has 0 radical (unpaired) electrons. The minimum atomic E-state index is -3.58. The second-order valence-electron chi connectivity index (χ2n) is 6.02. The number of aromatic amines is 1. The first-order valence-corrected chi connectivity index (χ1v) is 9.36. The predicted molar refractivity (Wildman–Crippen MR) is 89.1 cm³/mol. The molecule has 0 saturated carbocycles. The first kappa shape index (κ1) is 17.6. The van der Waals surface area contributed by atoms with E-state index < -0.39 is 39.5 Å². The first-order valence-electron chi connectivity index (χ1n) is 7.71. The number of aliphatic hydroxyl groups excluding tert-OH is 1. The number of benzene rings is 1. The number of H-pyrrole nitrogens is 1. The fraction of sp³-hybridized carbons (Fsp3) is 0.375. The zero-order valence-corrected chi connectivity index (χ0v) is 14.3. The summed E-state index contributed by atoms with van der Waals surface area (Å²) in [6.07, 6.45) is -1.49. The fourth-order valence-corrected chi connectivity index (χ4v) is 4.30.